The molecule has 1 atom stereocenters. The standard InChI is InChI=1S/C22H31F3O2/c23-13-4-14-27-19-12-11-18(20(24)21(19)25)15-7-9-17(10-8-15)22(26)16-5-2-1-3-6-16/h11-12,15-17,22,26H,1-10,13-14H2. The summed E-state index contributed by atoms with van der Waals surface area (Å²) in [7, 11) is 0. The van der Waals surface area contributed by atoms with Crippen LogP contribution in [0, 0.1) is 23.5 Å². The minimum absolute atomic E-state index is 0.0193. The Morgan fingerprint density at radius 1 is 0.926 bits per heavy atom. The summed E-state index contributed by atoms with van der Waals surface area (Å²) in [5, 5.41) is 10.7. The molecule has 0 amide bonds. The Morgan fingerprint density at radius 2 is 1.59 bits per heavy atom. The molecule has 2 fully saturated rings. The van der Waals surface area contributed by atoms with Gasteiger partial charge < -0.3 is 9.84 Å². The number of hydrogen-bond acceptors (Lipinski definition) is 2. The molecule has 1 unspecified atom stereocenters. The van der Waals surface area contributed by atoms with E-state index in [2.05, 4.69) is 0 Å². The highest BCUT2D eigenvalue weighted by molar-refractivity contribution is 5.33. The molecule has 1 aromatic rings. The van der Waals surface area contributed by atoms with Gasteiger partial charge in [-0.15, -0.1) is 0 Å². The third-order valence-corrected chi connectivity index (χ3v) is 6.44. The first kappa shape index (κ1) is 20.5. The molecule has 1 aromatic carbocycles. The van der Waals surface area contributed by atoms with Crippen LogP contribution in [0.15, 0.2) is 12.1 Å². The predicted octanol–water partition coefficient (Wildman–Crippen LogP) is 5.92. The van der Waals surface area contributed by atoms with Crippen molar-refractivity contribution in [3.63, 3.8) is 0 Å². The van der Waals surface area contributed by atoms with Gasteiger partial charge in [0.05, 0.1) is 19.4 Å². The molecule has 0 aromatic heterocycles. The van der Waals surface area contributed by atoms with Gasteiger partial charge in [0.2, 0.25) is 5.82 Å². The molecule has 0 aliphatic heterocycles. The molecule has 1 N–H and O–H groups in total. The monoisotopic (exact) mass is 384 g/mol. The Morgan fingerprint density at radius 3 is 2.26 bits per heavy atom. The largest absolute Gasteiger partial charge is 0.490 e. The zero-order chi connectivity index (χ0) is 19.2. The van der Waals surface area contributed by atoms with Crippen molar-refractivity contribution in [1.29, 1.82) is 0 Å². The molecule has 27 heavy (non-hydrogen) atoms. The number of aliphatic hydroxyl groups excluding tert-OH is 1. The summed E-state index contributed by atoms with van der Waals surface area (Å²) < 4.78 is 46.0. The molecule has 2 aliphatic rings. The number of alkyl halides is 1. The molecule has 0 radical (unpaired) electrons. The minimum atomic E-state index is -0.976. The summed E-state index contributed by atoms with van der Waals surface area (Å²) in [5.41, 5.74) is 0.399. The topological polar surface area (TPSA) is 29.5 Å². The van der Waals surface area contributed by atoms with E-state index in [4.69, 9.17) is 4.74 Å². The first-order valence-electron chi connectivity index (χ1n) is 10.5. The van der Waals surface area contributed by atoms with Gasteiger partial charge in [-0.05, 0) is 67.9 Å². The van der Waals surface area contributed by atoms with Crippen molar-refractivity contribution in [3.8, 4) is 5.75 Å². The minimum Gasteiger partial charge on any atom is -0.490 e. The van der Waals surface area contributed by atoms with Crippen LogP contribution in [0.5, 0.6) is 5.75 Å². The van der Waals surface area contributed by atoms with E-state index in [1.54, 1.807) is 6.07 Å². The Kier molecular flexibility index (Phi) is 7.45. The number of benzene rings is 1. The lowest BCUT2D eigenvalue weighted by molar-refractivity contribution is 0.0162. The maximum absolute atomic E-state index is 14.5. The van der Waals surface area contributed by atoms with Crippen LogP contribution in [0.4, 0.5) is 13.2 Å². The summed E-state index contributed by atoms with van der Waals surface area (Å²) in [6.07, 6.45) is 9.10. The van der Waals surface area contributed by atoms with Gasteiger partial charge >= 0.3 is 0 Å². The molecular weight excluding hydrogens is 353 g/mol. The van der Waals surface area contributed by atoms with Crippen LogP contribution in [0.3, 0.4) is 0 Å². The first-order chi connectivity index (χ1) is 13.1. The zero-order valence-electron chi connectivity index (χ0n) is 15.9. The Balaban J connectivity index is 1.58. The summed E-state index contributed by atoms with van der Waals surface area (Å²) >= 11 is 0. The summed E-state index contributed by atoms with van der Waals surface area (Å²) in [6, 6.07) is 3.06. The molecule has 2 saturated carbocycles. The zero-order valence-corrected chi connectivity index (χ0v) is 15.9. The van der Waals surface area contributed by atoms with Crippen molar-refractivity contribution in [1.82, 2.24) is 0 Å². The summed E-state index contributed by atoms with van der Waals surface area (Å²) in [6.45, 7) is -0.505. The van der Waals surface area contributed by atoms with Crippen molar-refractivity contribution < 1.29 is 23.0 Å². The van der Waals surface area contributed by atoms with Crippen LogP contribution >= 0.6 is 0 Å². The molecule has 2 aliphatic carbocycles. The number of hydrogen-bond donors (Lipinski definition) is 1. The average Bonchev–Trinajstić information content (AvgIpc) is 2.72. The SMILES string of the molecule is OC(C1CCCCC1)C1CCC(c2ccc(OCCCF)c(F)c2F)CC1. The van der Waals surface area contributed by atoms with E-state index in [-0.39, 0.29) is 36.7 Å². The van der Waals surface area contributed by atoms with Crippen molar-refractivity contribution in [3.05, 3.63) is 29.3 Å². The highest BCUT2D eigenvalue weighted by Crippen LogP contribution is 2.42. The van der Waals surface area contributed by atoms with Gasteiger partial charge in [0.25, 0.3) is 0 Å². The summed E-state index contributed by atoms with van der Waals surface area (Å²) in [5.74, 6) is -1.30. The first-order valence-corrected chi connectivity index (χ1v) is 10.5. The molecular formula is C22H31F3O2. The van der Waals surface area contributed by atoms with Gasteiger partial charge in [0.15, 0.2) is 11.6 Å². The second-order valence-corrected chi connectivity index (χ2v) is 8.17. The molecule has 2 nitrogen and oxygen atoms in total. The van der Waals surface area contributed by atoms with Crippen molar-refractivity contribution in [2.45, 2.75) is 76.2 Å². The van der Waals surface area contributed by atoms with Crippen LogP contribution < -0.4 is 4.74 Å². The summed E-state index contributed by atoms with van der Waals surface area (Å²) in [4.78, 5) is 0. The van der Waals surface area contributed by atoms with E-state index in [0.717, 1.165) is 38.5 Å². The van der Waals surface area contributed by atoms with Gasteiger partial charge in [-0.3, -0.25) is 4.39 Å². The quantitative estimate of drug-likeness (QED) is 0.592. The number of aliphatic hydroxyl groups is 1. The fourth-order valence-electron chi connectivity index (χ4n) is 4.84. The molecule has 0 heterocycles. The van der Waals surface area contributed by atoms with Gasteiger partial charge in [-0.25, -0.2) is 4.39 Å². The number of ether oxygens (including phenoxy) is 1. The van der Waals surface area contributed by atoms with Crippen LogP contribution in [0.1, 0.15) is 75.7 Å². The average molecular weight is 384 g/mol. The molecule has 5 heteroatoms. The Labute approximate surface area is 160 Å². The Hall–Kier alpha value is -1.23. The van der Waals surface area contributed by atoms with E-state index in [1.165, 1.54) is 25.3 Å². The van der Waals surface area contributed by atoms with E-state index < -0.39 is 18.3 Å². The molecule has 0 spiro atoms. The van der Waals surface area contributed by atoms with Crippen LogP contribution in [-0.4, -0.2) is 24.5 Å². The van der Waals surface area contributed by atoms with E-state index in [9.17, 15) is 18.3 Å². The lowest BCUT2D eigenvalue weighted by atomic mass is 9.72. The number of halogens is 3. The van der Waals surface area contributed by atoms with Gasteiger partial charge in [0, 0.05) is 6.42 Å². The molecule has 0 saturated heterocycles. The van der Waals surface area contributed by atoms with Gasteiger partial charge in [-0.1, -0.05) is 25.3 Å². The smallest absolute Gasteiger partial charge is 0.200 e. The van der Waals surface area contributed by atoms with Crippen molar-refractivity contribution in [2.24, 2.45) is 11.8 Å². The highest BCUT2D eigenvalue weighted by atomic mass is 19.2. The van der Waals surface area contributed by atoms with Crippen LogP contribution in [-0.2, 0) is 0 Å². The highest BCUT2D eigenvalue weighted by Gasteiger charge is 2.33. The third kappa shape index (κ3) is 4.98. The second-order valence-electron chi connectivity index (χ2n) is 8.17. The van der Waals surface area contributed by atoms with Crippen molar-refractivity contribution >= 4 is 0 Å². The molecule has 152 valence electrons. The van der Waals surface area contributed by atoms with Gasteiger partial charge in [-0.2, -0.15) is 4.39 Å². The normalized spacial score (nSPS) is 25.3. The van der Waals surface area contributed by atoms with E-state index >= 15 is 0 Å². The third-order valence-electron chi connectivity index (χ3n) is 6.44. The van der Waals surface area contributed by atoms with E-state index in [0.29, 0.717) is 11.5 Å². The fraction of sp³-hybridized carbons (Fsp3) is 0.727. The maximum atomic E-state index is 14.5. The van der Waals surface area contributed by atoms with Crippen LogP contribution in [0.25, 0.3) is 0 Å². The van der Waals surface area contributed by atoms with Gasteiger partial charge in [0.1, 0.15) is 0 Å². The lowest BCUT2D eigenvalue weighted by Gasteiger charge is -2.36. The lowest BCUT2D eigenvalue weighted by Crippen LogP contribution is -2.33. The van der Waals surface area contributed by atoms with Crippen LogP contribution in [0.2, 0.25) is 0 Å². The van der Waals surface area contributed by atoms with Crippen molar-refractivity contribution in [2.75, 3.05) is 13.3 Å². The second kappa shape index (κ2) is 9.81. The molecule has 0 bridgehead atoms. The fourth-order valence-corrected chi connectivity index (χ4v) is 4.84. The number of rotatable bonds is 7. The van der Waals surface area contributed by atoms with E-state index in [1.807, 2.05) is 0 Å². The maximum Gasteiger partial charge on any atom is 0.200 e. The Bertz CT molecular complexity index is 593. The predicted molar refractivity (Wildman–Crippen MR) is 99.7 cm³/mol. The molecule has 3 rings (SSSR count).